The Hall–Kier alpha value is -0.560. The number of carbonyl (C=O) groups is 1. The molecule has 0 radical (unpaired) electrons. The minimum Gasteiger partial charge on any atom is -0.331 e. The van der Waals surface area contributed by atoms with Crippen LogP contribution >= 0.6 is 31.9 Å². The predicted molar refractivity (Wildman–Crippen MR) is 67.6 cm³/mol. The van der Waals surface area contributed by atoms with Crippen LogP contribution in [0.1, 0.15) is 10.5 Å². The normalized spacial score (nSPS) is 10.6. The molecule has 0 fully saturated rings. The first-order chi connectivity index (χ1) is 8.04. The first-order valence-electron chi connectivity index (χ1n) is 4.79. The monoisotopic (exact) mass is 370 g/mol. The second kappa shape index (κ2) is 7.00. The molecule has 0 aliphatic carbocycles. The van der Waals surface area contributed by atoms with Gasteiger partial charge in [-0.3, -0.25) is 4.79 Å². The average Bonchev–Trinajstić information content (AvgIpc) is 2.28. The molecule has 0 bridgehead atoms. The molecule has 7 heteroatoms. The first kappa shape index (κ1) is 14.5. The summed E-state index contributed by atoms with van der Waals surface area (Å²) < 4.78 is 25.4. The highest BCUT2D eigenvalue weighted by Crippen LogP contribution is 2.10. The Kier molecular flexibility index (Phi) is 5.97. The molecule has 1 heterocycles. The molecule has 0 saturated carbocycles. The molecule has 17 heavy (non-hydrogen) atoms. The maximum Gasteiger partial charge on any atom is 0.272 e. The highest BCUT2D eigenvalue weighted by atomic mass is 79.9. The maximum absolute atomic E-state index is 12.3. The summed E-state index contributed by atoms with van der Waals surface area (Å²) in [6.07, 6.45) is -1.09. The van der Waals surface area contributed by atoms with Crippen molar-refractivity contribution in [2.75, 3.05) is 18.4 Å². The molecule has 3 nitrogen and oxygen atoms in total. The Morgan fingerprint density at radius 2 is 2.18 bits per heavy atom. The molecule has 0 atom stereocenters. The number of nitrogens with zero attached hydrogens (tertiary/aromatic N) is 2. The second-order valence-corrected chi connectivity index (χ2v) is 4.90. The molecule has 1 aromatic rings. The van der Waals surface area contributed by atoms with Crippen LogP contribution in [0.15, 0.2) is 22.8 Å². The third-order valence-corrected chi connectivity index (χ3v) is 2.77. The Morgan fingerprint density at radius 3 is 2.65 bits per heavy atom. The minimum absolute atomic E-state index is 0.162. The zero-order chi connectivity index (χ0) is 12.8. The fraction of sp³-hybridized carbons (Fsp3) is 0.400. The molecule has 0 aliphatic heterocycles. The molecule has 0 aromatic carbocycles. The van der Waals surface area contributed by atoms with Crippen molar-refractivity contribution in [1.82, 2.24) is 9.88 Å². The van der Waals surface area contributed by atoms with Gasteiger partial charge in [-0.25, -0.2) is 13.8 Å². The van der Waals surface area contributed by atoms with Gasteiger partial charge in [-0.05, 0) is 28.1 Å². The zero-order valence-electron chi connectivity index (χ0n) is 8.75. The van der Waals surface area contributed by atoms with Gasteiger partial charge in [0.25, 0.3) is 12.3 Å². The van der Waals surface area contributed by atoms with Gasteiger partial charge in [0.15, 0.2) is 0 Å². The summed E-state index contributed by atoms with van der Waals surface area (Å²) in [5.74, 6) is -0.489. The van der Waals surface area contributed by atoms with Crippen LogP contribution in [0.2, 0.25) is 0 Å². The van der Waals surface area contributed by atoms with Gasteiger partial charge < -0.3 is 4.90 Å². The summed E-state index contributed by atoms with van der Waals surface area (Å²) in [6.45, 7) is -0.358. The third kappa shape index (κ3) is 4.67. The largest absolute Gasteiger partial charge is 0.331 e. The van der Waals surface area contributed by atoms with Gasteiger partial charge in [0.05, 0.1) is 6.54 Å². The van der Waals surface area contributed by atoms with Crippen LogP contribution < -0.4 is 0 Å². The Labute approximate surface area is 114 Å². The number of hydrogen-bond donors (Lipinski definition) is 0. The van der Waals surface area contributed by atoms with Crippen molar-refractivity contribution in [2.24, 2.45) is 0 Å². The van der Waals surface area contributed by atoms with Crippen LogP contribution in [0.5, 0.6) is 0 Å². The highest BCUT2D eigenvalue weighted by molar-refractivity contribution is 9.10. The van der Waals surface area contributed by atoms with E-state index < -0.39 is 18.9 Å². The van der Waals surface area contributed by atoms with Crippen molar-refractivity contribution >= 4 is 37.8 Å². The summed E-state index contributed by atoms with van der Waals surface area (Å²) in [5, 5.41) is 0.446. The second-order valence-electron chi connectivity index (χ2n) is 3.19. The van der Waals surface area contributed by atoms with E-state index in [2.05, 4.69) is 36.8 Å². The number of halogens is 4. The Bertz CT molecular complexity index is 373. The van der Waals surface area contributed by atoms with Gasteiger partial charge in [0, 0.05) is 22.5 Å². The molecule has 0 spiro atoms. The Morgan fingerprint density at radius 1 is 1.47 bits per heavy atom. The van der Waals surface area contributed by atoms with E-state index in [1.807, 2.05) is 0 Å². The van der Waals surface area contributed by atoms with E-state index in [0.29, 0.717) is 5.33 Å². The standard InChI is InChI=1S/C10H10Br2F2N2O/c11-3-4-16(6-9(13)14)10(17)8-2-1-7(12)5-15-8/h1-2,5,9H,3-4,6H2. The lowest BCUT2D eigenvalue weighted by Crippen LogP contribution is -2.36. The molecule has 0 unspecified atom stereocenters. The van der Waals surface area contributed by atoms with Crippen LogP contribution in [-0.2, 0) is 0 Å². The molecule has 1 aromatic heterocycles. The Balaban J connectivity index is 2.79. The van der Waals surface area contributed by atoms with Gasteiger partial charge in [-0.1, -0.05) is 15.9 Å². The minimum atomic E-state index is -2.55. The number of pyridine rings is 1. The highest BCUT2D eigenvalue weighted by Gasteiger charge is 2.19. The lowest BCUT2D eigenvalue weighted by Gasteiger charge is -2.20. The predicted octanol–water partition coefficient (Wildman–Crippen LogP) is 2.95. The summed E-state index contributed by atoms with van der Waals surface area (Å²) in [6, 6.07) is 3.15. The maximum atomic E-state index is 12.3. The van der Waals surface area contributed by atoms with Crippen molar-refractivity contribution < 1.29 is 13.6 Å². The average molecular weight is 372 g/mol. The lowest BCUT2D eigenvalue weighted by molar-refractivity contribution is 0.0567. The van der Waals surface area contributed by atoms with Crippen LogP contribution in [-0.4, -0.2) is 40.6 Å². The number of amides is 1. The molecule has 0 aliphatic rings. The smallest absolute Gasteiger partial charge is 0.272 e. The van der Waals surface area contributed by atoms with Crippen LogP contribution in [0.3, 0.4) is 0 Å². The summed E-state index contributed by atoms with van der Waals surface area (Å²) in [5.41, 5.74) is 0.162. The van der Waals surface area contributed by atoms with Gasteiger partial charge in [-0.2, -0.15) is 0 Å². The van der Waals surface area contributed by atoms with E-state index in [9.17, 15) is 13.6 Å². The molecule has 0 saturated heterocycles. The number of hydrogen-bond acceptors (Lipinski definition) is 2. The van der Waals surface area contributed by atoms with E-state index in [4.69, 9.17) is 0 Å². The lowest BCUT2D eigenvalue weighted by atomic mass is 10.3. The first-order valence-corrected chi connectivity index (χ1v) is 6.71. The van der Waals surface area contributed by atoms with Crippen LogP contribution in [0.4, 0.5) is 8.78 Å². The topological polar surface area (TPSA) is 33.2 Å². The summed E-state index contributed by atoms with van der Waals surface area (Å²) >= 11 is 6.31. The third-order valence-electron chi connectivity index (χ3n) is 1.95. The van der Waals surface area contributed by atoms with E-state index in [1.165, 1.54) is 12.3 Å². The SMILES string of the molecule is O=C(c1ccc(Br)cn1)N(CCBr)CC(F)F. The fourth-order valence-corrected chi connectivity index (χ4v) is 1.87. The summed E-state index contributed by atoms with van der Waals surface area (Å²) in [7, 11) is 0. The quantitative estimate of drug-likeness (QED) is 0.745. The van der Waals surface area contributed by atoms with E-state index in [-0.39, 0.29) is 12.2 Å². The fourth-order valence-electron chi connectivity index (χ4n) is 1.21. The van der Waals surface area contributed by atoms with Gasteiger partial charge in [0.2, 0.25) is 0 Å². The van der Waals surface area contributed by atoms with Crippen LogP contribution in [0, 0.1) is 0 Å². The number of aromatic nitrogens is 1. The van der Waals surface area contributed by atoms with Crippen molar-refractivity contribution in [3.05, 3.63) is 28.5 Å². The van der Waals surface area contributed by atoms with Crippen LogP contribution in [0.25, 0.3) is 0 Å². The molecule has 1 rings (SSSR count). The number of rotatable bonds is 5. The van der Waals surface area contributed by atoms with Gasteiger partial charge >= 0.3 is 0 Å². The van der Waals surface area contributed by atoms with Crippen molar-refractivity contribution in [1.29, 1.82) is 0 Å². The van der Waals surface area contributed by atoms with Crippen molar-refractivity contribution in [2.45, 2.75) is 6.43 Å². The molecule has 1 amide bonds. The number of carbonyl (C=O) groups excluding carboxylic acids is 1. The molecular weight excluding hydrogens is 362 g/mol. The molecule has 0 N–H and O–H groups in total. The van der Waals surface area contributed by atoms with E-state index in [0.717, 1.165) is 9.37 Å². The van der Waals surface area contributed by atoms with E-state index in [1.54, 1.807) is 6.07 Å². The van der Waals surface area contributed by atoms with E-state index >= 15 is 0 Å². The van der Waals surface area contributed by atoms with Gasteiger partial charge in [-0.15, -0.1) is 0 Å². The van der Waals surface area contributed by atoms with Crippen molar-refractivity contribution in [3.63, 3.8) is 0 Å². The molecule has 94 valence electrons. The van der Waals surface area contributed by atoms with Crippen molar-refractivity contribution in [3.8, 4) is 0 Å². The van der Waals surface area contributed by atoms with Gasteiger partial charge in [0.1, 0.15) is 5.69 Å². The zero-order valence-corrected chi connectivity index (χ0v) is 11.9. The number of alkyl halides is 3. The summed E-state index contributed by atoms with van der Waals surface area (Å²) in [4.78, 5) is 16.8. The molecular formula is C10H10Br2F2N2O.